The highest BCUT2D eigenvalue weighted by Gasteiger charge is 2.35. The summed E-state index contributed by atoms with van der Waals surface area (Å²) < 4.78 is 7.98. The van der Waals surface area contributed by atoms with Crippen LogP contribution in [0.3, 0.4) is 0 Å². The fourth-order valence-electron chi connectivity index (χ4n) is 5.51. The minimum atomic E-state index is -0.277. The molecule has 0 aliphatic carbocycles. The lowest BCUT2D eigenvalue weighted by Crippen LogP contribution is -2.48. The Hall–Kier alpha value is -3.13. The number of thiocarbonyl (C=S) groups is 1. The van der Waals surface area contributed by atoms with Crippen molar-refractivity contribution < 1.29 is 9.53 Å². The zero-order chi connectivity index (χ0) is 27.5. The van der Waals surface area contributed by atoms with Crippen LogP contribution >= 0.6 is 24.0 Å². The zero-order valence-corrected chi connectivity index (χ0v) is 24.0. The molecule has 0 radical (unpaired) electrons. The molecule has 3 saturated heterocycles. The highest BCUT2D eigenvalue weighted by molar-refractivity contribution is 8.26. The van der Waals surface area contributed by atoms with Gasteiger partial charge in [-0.25, -0.2) is 0 Å². The van der Waals surface area contributed by atoms with Crippen LogP contribution in [0.25, 0.3) is 6.08 Å². The summed E-state index contributed by atoms with van der Waals surface area (Å²) in [5.41, 5.74) is 2.36. The second kappa shape index (κ2) is 11.9. The van der Waals surface area contributed by atoms with E-state index in [0.717, 1.165) is 43.7 Å². The van der Waals surface area contributed by atoms with Crippen molar-refractivity contribution in [1.29, 1.82) is 5.26 Å². The van der Waals surface area contributed by atoms with E-state index in [1.54, 1.807) is 16.4 Å². The van der Waals surface area contributed by atoms with Crippen molar-refractivity contribution in [2.45, 2.75) is 45.8 Å². The smallest absolute Gasteiger partial charge is 0.270 e. The first-order valence-corrected chi connectivity index (χ1v) is 14.7. The van der Waals surface area contributed by atoms with Gasteiger partial charge in [0.2, 0.25) is 0 Å². The maximum atomic E-state index is 13.5. The Balaban J connectivity index is 1.53. The van der Waals surface area contributed by atoms with Crippen LogP contribution in [0.2, 0.25) is 0 Å². The maximum Gasteiger partial charge on any atom is 0.270 e. The van der Waals surface area contributed by atoms with Crippen LogP contribution in [0.5, 0.6) is 0 Å². The molecule has 1 atom stereocenters. The van der Waals surface area contributed by atoms with Crippen LogP contribution < -0.4 is 15.4 Å². The average Bonchev–Trinajstić information content (AvgIpc) is 3.56. The number of nitriles is 1. The van der Waals surface area contributed by atoms with Gasteiger partial charge in [-0.05, 0) is 50.0 Å². The van der Waals surface area contributed by atoms with Gasteiger partial charge in [-0.1, -0.05) is 49.1 Å². The van der Waals surface area contributed by atoms with Crippen molar-refractivity contribution in [3.63, 3.8) is 0 Å². The fraction of sp³-hybridized carbons (Fsp3) is 0.448. The van der Waals surface area contributed by atoms with Crippen molar-refractivity contribution in [2.24, 2.45) is 0 Å². The molecule has 2 aromatic rings. The molecule has 10 heteroatoms. The monoisotopic (exact) mass is 563 g/mol. The highest BCUT2D eigenvalue weighted by atomic mass is 32.2. The first-order valence-electron chi connectivity index (χ1n) is 13.5. The minimum absolute atomic E-state index is 0.00158. The van der Waals surface area contributed by atoms with Crippen LogP contribution in [-0.2, 0) is 16.1 Å². The van der Waals surface area contributed by atoms with Gasteiger partial charge >= 0.3 is 0 Å². The predicted molar refractivity (Wildman–Crippen MR) is 160 cm³/mol. The summed E-state index contributed by atoms with van der Waals surface area (Å²) in [6, 6.07) is 12.4. The van der Waals surface area contributed by atoms with Crippen molar-refractivity contribution in [3.8, 4) is 6.07 Å². The number of pyridine rings is 1. The van der Waals surface area contributed by atoms with E-state index >= 15 is 0 Å². The Morgan fingerprint density at radius 1 is 1.15 bits per heavy atom. The van der Waals surface area contributed by atoms with Gasteiger partial charge in [-0.15, -0.1) is 0 Å². The molecule has 1 unspecified atom stereocenters. The Morgan fingerprint density at radius 3 is 2.51 bits per heavy atom. The molecule has 3 fully saturated rings. The summed E-state index contributed by atoms with van der Waals surface area (Å²) in [6.07, 6.45) is 4.50. The minimum Gasteiger partial charge on any atom is -0.376 e. The van der Waals surface area contributed by atoms with Gasteiger partial charge in [0, 0.05) is 50.6 Å². The Morgan fingerprint density at radius 2 is 1.87 bits per heavy atom. The molecule has 5 rings (SSSR count). The molecular weight excluding hydrogens is 530 g/mol. The molecular formula is C29H33N5O3S2. The Labute approximate surface area is 238 Å². The molecule has 204 valence electrons. The fourth-order valence-corrected chi connectivity index (χ4v) is 6.77. The number of para-hydroxylation sites is 1. The molecule has 0 N–H and O–H groups in total. The number of anilines is 2. The third kappa shape index (κ3) is 5.49. The number of nitrogens with zero attached hydrogens (tertiary/aromatic N) is 5. The number of piperazine rings is 1. The normalized spacial score (nSPS) is 20.8. The second-order valence-corrected chi connectivity index (χ2v) is 11.7. The lowest BCUT2D eigenvalue weighted by Gasteiger charge is -2.39. The van der Waals surface area contributed by atoms with Gasteiger partial charge in [-0.3, -0.25) is 19.1 Å². The van der Waals surface area contributed by atoms with E-state index in [9.17, 15) is 14.9 Å². The van der Waals surface area contributed by atoms with E-state index in [1.165, 1.54) is 17.4 Å². The number of hydrogen-bond acceptors (Lipinski definition) is 8. The van der Waals surface area contributed by atoms with Crippen LogP contribution in [-0.4, -0.2) is 65.1 Å². The quantitative estimate of drug-likeness (QED) is 0.367. The van der Waals surface area contributed by atoms with Gasteiger partial charge in [0.05, 0.1) is 17.6 Å². The lowest BCUT2D eigenvalue weighted by atomic mass is 10.0. The molecule has 0 spiro atoms. The number of carbonyl (C=O) groups excluding carboxylic acids is 1. The summed E-state index contributed by atoms with van der Waals surface area (Å²) >= 11 is 6.86. The summed E-state index contributed by atoms with van der Waals surface area (Å²) in [4.78, 5) is 33.7. The molecule has 4 heterocycles. The molecule has 0 bridgehead atoms. The third-order valence-corrected chi connectivity index (χ3v) is 8.93. The van der Waals surface area contributed by atoms with E-state index in [0.29, 0.717) is 47.6 Å². The van der Waals surface area contributed by atoms with E-state index in [-0.39, 0.29) is 23.1 Å². The number of hydrogen-bond donors (Lipinski definition) is 0. The van der Waals surface area contributed by atoms with Crippen molar-refractivity contribution in [3.05, 3.63) is 62.3 Å². The third-order valence-electron chi connectivity index (χ3n) is 7.55. The average molecular weight is 564 g/mol. The second-order valence-electron chi connectivity index (χ2n) is 10.0. The topological polar surface area (TPSA) is 81.8 Å². The lowest BCUT2D eigenvalue weighted by molar-refractivity contribution is -0.123. The predicted octanol–water partition coefficient (Wildman–Crippen LogP) is 4.15. The summed E-state index contributed by atoms with van der Waals surface area (Å²) in [5, 5.41) is 9.92. The number of ether oxygens (including phenoxy) is 1. The van der Waals surface area contributed by atoms with Gasteiger partial charge in [-0.2, -0.15) is 5.26 Å². The molecule has 1 amide bonds. The molecule has 3 aliphatic rings. The molecule has 3 aliphatic heterocycles. The van der Waals surface area contributed by atoms with Crippen LogP contribution in [0.15, 0.2) is 40.0 Å². The van der Waals surface area contributed by atoms with Crippen molar-refractivity contribution in [2.75, 3.05) is 49.1 Å². The van der Waals surface area contributed by atoms with Crippen molar-refractivity contribution in [1.82, 2.24) is 9.47 Å². The van der Waals surface area contributed by atoms with E-state index in [2.05, 4.69) is 28.0 Å². The SMILES string of the molecule is CCCn1c(N2CCN(c3ccccc3)CC2)c(C=C2SC(=S)N(CC3CCCO3)C2=O)c(C)c(C#N)c1=O. The standard InChI is InChI=1S/C29H33N5O3S2/c1-3-11-33-26(32-14-12-31(13-15-32)21-8-5-4-6-9-21)23(20(2)24(18-30)27(33)35)17-25-28(36)34(29(38)39-25)19-22-10-7-16-37-22/h4-6,8-9,17,22H,3,7,10-16,19H2,1-2H3. The number of rotatable bonds is 7. The molecule has 1 aromatic carbocycles. The van der Waals surface area contributed by atoms with E-state index < -0.39 is 0 Å². The summed E-state index contributed by atoms with van der Waals surface area (Å²) in [6.45, 7) is 8.50. The number of aromatic nitrogens is 1. The first kappa shape index (κ1) is 27.4. The number of amides is 1. The van der Waals surface area contributed by atoms with Crippen LogP contribution in [0.1, 0.15) is 42.9 Å². The van der Waals surface area contributed by atoms with Crippen LogP contribution in [0.4, 0.5) is 11.5 Å². The Bertz CT molecular complexity index is 1380. The van der Waals surface area contributed by atoms with Gasteiger partial charge < -0.3 is 14.5 Å². The first-order chi connectivity index (χ1) is 18.9. The number of benzene rings is 1. The largest absolute Gasteiger partial charge is 0.376 e. The molecule has 8 nitrogen and oxygen atoms in total. The maximum absolute atomic E-state index is 13.5. The number of carbonyl (C=O) groups is 1. The van der Waals surface area contributed by atoms with Crippen molar-refractivity contribution >= 4 is 51.8 Å². The molecule has 1 aromatic heterocycles. The summed E-state index contributed by atoms with van der Waals surface area (Å²) in [5.74, 6) is 0.627. The summed E-state index contributed by atoms with van der Waals surface area (Å²) in [7, 11) is 0. The Kier molecular flexibility index (Phi) is 8.40. The highest BCUT2D eigenvalue weighted by Crippen LogP contribution is 2.37. The van der Waals surface area contributed by atoms with E-state index in [1.807, 2.05) is 31.2 Å². The molecule has 39 heavy (non-hydrogen) atoms. The van der Waals surface area contributed by atoms with Gasteiger partial charge in [0.1, 0.15) is 21.8 Å². The zero-order valence-electron chi connectivity index (χ0n) is 22.4. The van der Waals surface area contributed by atoms with Crippen LogP contribution in [0, 0.1) is 18.3 Å². The van der Waals surface area contributed by atoms with Gasteiger partial charge in [0.25, 0.3) is 11.5 Å². The van der Waals surface area contributed by atoms with E-state index in [4.69, 9.17) is 17.0 Å². The van der Waals surface area contributed by atoms with Gasteiger partial charge in [0.15, 0.2) is 0 Å². The number of thioether (sulfide) groups is 1. The molecule has 0 saturated carbocycles.